The lowest BCUT2D eigenvalue weighted by atomic mass is 9.68. The molecule has 0 unspecified atom stereocenters. The topological polar surface area (TPSA) is 17.1 Å². The molecule has 5 heteroatoms. The van der Waals surface area contributed by atoms with E-state index < -0.39 is 5.41 Å². The molecule has 48 heavy (non-hydrogen) atoms. The van der Waals surface area contributed by atoms with Gasteiger partial charge in [-0.05, 0) is 77.0 Å². The third kappa shape index (κ3) is 5.75. The lowest BCUT2D eigenvalue weighted by Crippen LogP contribution is -2.28. The van der Waals surface area contributed by atoms with Crippen LogP contribution >= 0.6 is 45.8 Å². The number of hydrogen-bond donors (Lipinski definition) is 0. The summed E-state index contributed by atoms with van der Waals surface area (Å²) in [5, 5.41) is 0. The second kappa shape index (κ2) is 13.7. The van der Waals surface area contributed by atoms with Crippen molar-refractivity contribution in [1.82, 2.24) is 0 Å². The van der Waals surface area contributed by atoms with Gasteiger partial charge >= 0.3 is 0 Å². The molecule has 0 radical (unpaired) electrons. The van der Waals surface area contributed by atoms with Gasteiger partial charge in [-0.15, -0.1) is 45.8 Å². The highest BCUT2D eigenvalue weighted by Gasteiger charge is 2.50. The van der Waals surface area contributed by atoms with Crippen molar-refractivity contribution < 1.29 is 4.79 Å². The number of benzene rings is 2. The van der Waals surface area contributed by atoms with Gasteiger partial charge in [-0.2, -0.15) is 0 Å². The molecule has 248 valence electrons. The van der Waals surface area contributed by atoms with E-state index in [0.29, 0.717) is 23.7 Å². The summed E-state index contributed by atoms with van der Waals surface area (Å²) in [7, 11) is 0. The molecule has 3 heterocycles. The molecule has 0 N–H and O–H groups in total. The predicted molar refractivity (Wildman–Crippen MR) is 217 cm³/mol. The second-order valence-electron chi connectivity index (χ2n) is 14.0. The molecular formula is C43H46OS4. The minimum Gasteiger partial charge on any atom is -0.297 e. The molecule has 2 atom stereocenters. The van der Waals surface area contributed by atoms with Crippen LogP contribution in [0.5, 0.6) is 0 Å². The van der Waals surface area contributed by atoms with Crippen LogP contribution < -0.4 is 0 Å². The van der Waals surface area contributed by atoms with Crippen molar-refractivity contribution in [2.24, 2.45) is 11.8 Å². The molecule has 2 aromatic carbocycles. The van der Waals surface area contributed by atoms with Crippen LogP contribution in [-0.4, -0.2) is 12.0 Å². The minimum absolute atomic E-state index is 0.448. The zero-order chi connectivity index (χ0) is 34.5. The van der Waals surface area contributed by atoms with E-state index in [-0.39, 0.29) is 0 Å². The van der Waals surface area contributed by atoms with E-state index in [0.717, 1.165) is 21.8 Å². The Morgan fingerprint density at radius 2 is 1.44 bits per heavy atom. The van der Waals surface area contributed by atoms with Crippen molar-refractivity contribution in [2.45, 2.75) is 72.6 Å². The highest BCUT2D eigenvalue weighted by molar-refractivity contribution is 8.08. The summed E-state index contributed by atoms with van der Waals surface area (Å²) in [4.78, 5) is 18.0. The molecule has 0 fully saturated rings. The normalized spacial score (nSPS) is 15.2. The van der Waals surface area contributed by atoms with E-state index >= 15 is 0 Å². The summed E-state index contributed by atoms with van der Waals surface area (Å²) in [5.41, 5.74) is 9.96. The molecule has 1 aliphatic carbocycles. The Morgan fingerprint density at radius 1 is 0.854 bits per heavy atom. The third-order valence-corrected chi connectivity index (χ3v) is 15.8. The van der Waals surface area contributed by atoms with Crippen molar-refractivity contribution in [3.05, 3.63) is 134 Å². The maximum Gasteiger partial charge on any atom is 0.160 e. The van der Waals surface area contributed by atoms with Gasteiger partial charge in [0.25, 0.3) is 0 Å². The third-order valence-electron chi connectivity index (χ3n) is 10.3. The summed E-state index contributed by atoms with van der Waals surface area (Å²) >= 11 is 7.35. The molecule has 5 aromatic rings. The highest BCUT2D eigenvalue weighted by atomic mass is 32.2. The van der Waals surface area contributed by atoms with Crippen molar-refractivity contribution in [1.29, 1.82) is 0 Å². The summed E-state index contributed by atoms with van der Waals surface area (Å²) in [6.45, 7) is 26.7. The van der Waals surface area contributed by atoms with Crippen LogP contribution in [0.4, 0.5) is 0 Å². The zero-order valence-electron chi connectivity index (χ0n) is 29.4. The molecular weight excluding hydrogens is 661 g/mol. The first kappa shape index (κ1) is 34.9. The Bertz CT molecular complexity index is 1970. The Labute approximate surface area is 303 Å². The van der Waals surface area contributed by atoms with Crippen LogP contribution in [0.3, 0.4) is 0 Å². The van der Waals surface area contributed by atoms with Gasteiger partial charge in [0.2, 0.25) is 0 Å². The predicted octanol–water partition coefficient (Wildman–Crippen LogP) is 13.9. The maximum atomic E-state index is 12.3. The molecule has 0 bridgehead atoms. The average molecular weight is 707 g/mol. The van der Waals surface area contributed by atoms with Gasteiger partial charge in [0, 0.05) is 25.8 Å². The summed E-state index contributed by atoms with van der Waals surface area (Å²) in [6.07, 6.45) is 5.05. The largest absolute Gasteiger partial charge is 0.297 e. The highest BCUT2D eigenvalue weighted by Crippen LogP contribution is 2.65. The molecule has 0 saturated carbocycles. The minimum atomic E-state index is -0.520. The van der Waals surface area contributed by atoms with Gasteiger partial charge in [0.05, 0.1) is 24.7 Å². The van der Waals surface area contributed by atoms with Gasteiger partial charge in [0.15, 0.2) is 6.29 Å². The van der Waals surface area contributed by atoms with Crippen LogP contribution in [0.15, 0.2) is 85.5 Å². The number of thiophene rings is 3. The second-order valence-corrected chi connectivity index (χ2v) is 18.2. The molecule has 6 rings (SSSR count). The molecule has 3 aromatic heterocycles. The van der Waals surface area contributed by atoms with E-state index in [2.05, 4.69) is 129 Å². The van der Waals surface area contributed by atoms with E-state index in [1.165, 1.54) is 68.5 Å². The number of allylic oxidation sites excluding steroid dienone is 3. The van der Waals surface area contributed by atoms with Gasteiger partial charge in [-0.25, -0.2) is 0 Å². The van der Waals surface area contributed by atoms with Crippen LogP contribution in [0.25, 0.3) is 24.1 Å². The first-order valence-corrected chi connectivity index (χ1v) is 20.4. The number of aryl methyl sites for hydroxylation is 1. The Morgan fingerprint density at radius 3 is 1.96 bits per heavy atom. The van der Waals surface area contributed by atoms with Crippen molar-refractivity contribution in [3.8, 4) is 9.75 Å². The maximum absolute atomic E-state index is 12.3. The number of aldehydes is 1. The van der Waals surface area contributed by atoms with Gasteiger partial charge in [-0.3, -0.25) is 4.79 Å². The average Bonchev–Trinajstić information content (AvgIpc) is 3.81. The zero-order valence-corrected chi connectivity index (χ0v) is 32.7. The van der Waals surface area contributed by atoms with E-state index in [1.807, 2.05) is 40.5 Å². The molecule has 0 aliphatic heterocycles. The number of carbonyl (C=O) groups excluding carboxylic acids is 1. The molecule has 0 spiro atoms. The fourth-order valence-corrected chi connectivity index (χ4v) is 12.4. The standard InChI is InChI=1S/C43H46OS4/c1-11-12-26(6)28(8)27(7)23-45-30(10)38-29(9)39-41(47-38)37-42(48-39)40-36(21-35(22-44)46-40)43(37,33-17-13-31(14-18-33)24(2)3)34-19-15-32(16-20-34)25(4)5/h11-22,24-25,27-28H,1,10,23H2,2-9H3/t27-,28+/m0/s1. The van der Waals surface area contributed by atoms with Crippen LogP contribution in [-0.2, 0) is 5.41 Å². The summed E-state index contributed by atoms with van der Waals surface area (Å²) in [6, 6.07) is 20.7. The van der Waals surface area contributed by atoms with Crippen molar-refractivity contribution >= 4 is 66.4 Å². The molecule has 0 saturated heterocycles. The van der Waals surface area contributed by atoms with E-state index in [9.17, 15) is 4.79 Å². The summed E-state index contributed by atoms with van der Waals surface area (Å²) < 4.78 is 2.70. The van der Waals surface area contributed by atoms with E-state index in [4.69, 9.17) is 0 Å². The van der Waals surface area contributed by atoms with Gasteiger partial charge < -0.3 is 0 Å². The number of thioether (sulfide) groups is 1. The smallest absolute Gasteiger partial charge is 0.160 e. The van der Waals surface area contributed by atoms with Crippen molar-refractivity contribution in [2.75, 3.05) is 5.75 Å². The lowest BCUT2D eigenvalue weighted by molar-refractivity contribution is 0.112. The monoisotopic (exact) mass is 706 g/mol. The Balaban J connectivity index is 1.54. The molecule has 1 nitrogen and oxygen atoms in total. The van der Waals surface area contributed by atoms with Crippen LogP contribution in [0, 0.1) is 18.8 Å². The van der Waals surface area contributed by atoms with Crippen LogP contribution in [0.2, 0.25) is 0 Å². The number of rotatable bonds is 12. The number of fused-ring (bicyclic) bond motifs is 5. The van der Waals surface area contributed by atoms with Crippen molar-refractivity contribution in [3.63, 3.8) is 0 Å². The van der Waals surface area contributed by atoms with E-state index in [1.54, 1.807) is 11.3 Å². The van der Waals surface area contributed by atoms with Gasteiger partial charge in [0.1, 0.15) is 0 Å². The van der Waals surface area contributed by atoms with Gasteiger partial charge in [-0.1, -0.05) is 121 Å². The van der Waals surface area contributed by atoms with Crippen LogP contribution in [0.1, 0.15) is 114 Å². The number of carbonyl (C=O) groups is 1. The quantitative estimate of drug-likeness (QED) is 0.0931. The molecule has 1 aliphatic rings. The Hall–Kier alpha value is -2.96. The number of hydrogen-bond acceptors (Lipinski definition) is 5. The molecule has 0 amide bonds. The fraction of sp³-hybridized carbons (Fsp3) is 0.326. The first-order valence-electron chi connectivity index (χ1n) is 16.9. The fourth-order valence-electron chi connectivity index (χ4n) is 7.09. The Kier molecular flexibility index (Phi) is 9.99. The first-order chi connectivity index (χ1) is 22.9. The summed E-state index contributed by atoms with van der Waals surface area (Å²) in [5.74, 6) is 2.92. The SMILES string of the molecule is C=CC=C(C)[C@@H](C)[C@@H](C)CSC(=C)c1sc2c3c(sc2c1C)-c1sc(C=O)cc1C3(c1ccc(C(C)C)cc1)c1ccc(C(C)C)cc1. The lowest BCUT2D eigenvalue weighted by Gasteiger charge is -2.33.